The third-order valence-electron chi connectivity index (χ3n) is 4.59. The van der Waals surface area contributed by atoms with E-state index in [-0.39, 0.29) is 12.1 Å². The molecule has 1 fully saturated rings. The number of aryl methyl sites for hydroxylation is 2. The molecule has 3 heterocycles. The van der Waals surface area contributed by atoms with Gasteiger partial charge in [0.05, 0.1) is 17.0 Å². The van der Waals surface area contributed by atoms with Crippen molar-refractivity contribution < 1.29 is 27.9 Å². The van der Waals surface area contributed by atoms with Gasteiger partial charge in [0.15, 0.2) is 11.1 Å². The van der Waals surface area contributed by atoms with Crippen LogP contribution in [0, 0.1) is 19.3 Å². The Hall–Kier alpha value is -2.65. The van der Waals surface area contributed by atoms with Crippen molar-refractivity contribution in [2.24, 2.45) is 5.41 Å². The van der Waals surface area contributed by atoms with Gasteiger partial charge < -0.3 is 10.0 Å². The topological polar surface area (TPSA) is 87.8 Å². The first kappa shape index (κ1) is 17.2. The summed E-state index contributed by atoms with van der Waals surface area (Å²) in [6, 6.07) is 1.70. The molecule has 1 saturated heterocycles. The lowest BCUT2D eigenvalue weighted by Gasteiger charge is -2.27. The number of hydrogen-bond donors (Lipinski definition) is 1. The number of halogens is 3. The van der Waals surface area contributed by atoms with Crippen molar-refractivity contribution in [3.63, 3.8) is 0 Å². The number of carbonyl (C=O) groups is 2. The molecule has 0 bridgehead atoms. The molecule has 25 heavy (non-hydrogen) atoms. The van der Waals surface area contributed by atoms with E-state index in [2.05, 4.69) is 10.1 Å². The molecular formula is C15H15F3N4O3. The Morgan fingerprint density at radius 2 is 2.00 bits per heavy atom. The first-order chi connectivity index (χ1) is 11.6. The molecule has 7 nitrogen and oxygen atoms in total. The first-order valence-corrected chi connectivity index (χ1v) is 7.48. The van der Waals surface area contributed by atoms with E-state index in [1.54, 1.807) is 19.9 Å². The van der Waals surface area contributed by atoms with Crippen molar-refractivity contribution in [2.45, 2.75) is 26.4 Å². The number of carbonyl (C=O) groups excluding carboxylic acids is 1. The third kappa shape index (κ3) is 2.52. The number of carboxylic acids is 1. The number of amides is 1. The number of likely N-dealkylation sites (tertiary alicyclic amines) is 1. The van der Waals surface area contributed by atoms with Gasteiger partial charge in [-0.2, -0.15) is 18.3 Å². The molecule has 1 aliphatic heterocycles. The SMILES string of the molecule is Cc1cc2ncc(C(=O)N3CCC(C(=O)O)(C(F)(F)F)C3)c(C)n2n1. The van der Waals surface area contributed by atoms with Crippen molar-refractivity contribution in [1.82, 2.24) is 19.5 Å². The minimum absolute atomic E-state index is 0.0963. The maximum absolute atomic E-state index is 13.3. The molecule has 1 amide bonds. The van der Waals surface area contributed by atoms with Crippen LogP contribution in [0.15, 0.2) is 12.3 Å². The highest BCUT2D eigenvalue weighted by Gasteiger charge is 2.64. The van der Waals surface area contributed by atoms with E-state index in [0.29, 0.717) is 17.0 Å². The average molecular weight is 356 g/mol. The molecule has 2 aromatic heterocycles. The molecule has 0 aromatic carbocycles. The smallest absolute Gasteiger partial charge is 0.406 e. The fraction of sp³-hybridized carbons (Fsp3) is 0.467. The van der Waals surface area contributed by atoms with E-state index in [1.807, 2.05) is 0 Å². The van der Waals surface area contributed by atoms with Gasteiger partial charge in [-0.05, 0) is 20.3 Å². The summed E-state index contributed by atoms with van der Waals surface area (Å²) in [5.74, 6) is -2.66. The number of rotatable bonds is 2. The Bertz CT molecular complexity index is 877. The maximum Gasteiger partial charge on any atom is 0.406 e. The maximum atomic E-state index is 13.3. The van der Waals surface area contributed by atoms with Gasteiger partial charge in [0.2, 0.25) is 0 Å². The zero-order valence-electron chi connectivity index (χ0n) is 13.5. The van der Waals surface area contributed by atoms with E-state index in [9.17, 15) is 22.8 Å². The van der Waals surface area contributed by atoms with Crippen LogP contribution in [-0.2, 0) is 4.79 Å². The van der Waals surface area contributed by atoms with Gasteiger partial charge in [0.25, 0.3) is 5.91 Å². The molecule has 134 valence electrons. The monoisotopic (exact) mass is 356 g/mol. The third-order valence-corrected chi connectivity index (χ3v) is 4.59. The molecule has 0 radical (unpaired) electrons. The quantitative estimate of drug-likeness (QED) is 0.887. The molecule has 1 atom stereocenters. The Kier molecular flexibility index (Phi) is 3.73. The summed E-state index contributed by atoms with van der Waals surface area (Å²) < 4.78 is 41.2. The standard InChI is InChI=1S/C15H15F3N4O3/c1-8-5-11-19-6-10(9(2)22(11)20-8)12(23)21-4-3-14(7-21,13(24)25)15(16,17)18/h5-6H,3-4,7H2,1-2H3,(H,24,25). The number of aliphatic carboxylic acids is 1. The van der Waals surface area contributed by atoms with Crippen LogP contribution in [0.4, 0.5) is 13.2 Å². The second kappa shape index (κ2) is 5.43. The molecule has 0 saturated carbocycles. The van der Waals surface area contributed by atoms with Crippen molar-refractivity contribution in [2.75, 3.05) is 13.1 Å². The van der Waals surface area contributed by atoms with E-state index in [1.165, 1.54) is 10.7 Å². The highest BCUT2D eigenvalue weighted by molar-refractivity contribution is 5.96. The van der Waals surface area contributed by atoms with Crippen LogP contribution >= 0.6 is 0 Å². The molecule has 0 spiro atoms. The van der Waals surface area contributed by atoms with Crippen LogP contribution in [-0.4, -0.2) is 55.7 Å². The second-order valence-corrected chi connectivity index (χ2v) is 6.17. The second-order valence-electron chi connectivity index (χ2n) is 6.17. The number of hydrogen-bond acceptors (Lipinski definition) is 4. The molecule has 0 aliphatic carbocycles. The van der Waals surface area contributed by atoms with Gasteiger partial charge in [-0.3, -0.25) is 9.59 Å². The lowest BCUT2D eigenvalue weighted by molar-refractivity contribution is -0.227. The largest absolute Gasteiger partial charge is 0.481 e. The number of nitrogens with zero attached hydrogens (tertiary/aromatic N) is 4. The number of fused-ring (bicyclic) bond motifs is 1. The van der Waals surface area contributed by atoms with Gasteiger partial charge in [-0.15, -0.1) is 0 Å². The van der Waals surface area contributed by atoms with Crippen LogP contribution in [0.5, 0.6) is 0 Å². The predicted molar refractivity (Wildman–Crippen MR) is 79.1 cm³/mol. The fourth-order valence-electron chi connectivity index (χ4n) is 3.05. The average Bonchev–Trinajstić information content (AvgIpc) is 3.10. The van der Waals surface area contributed by atoms with Crippen molar-refractivity contribution in [3.8, 4) is 0 Å². The zero-order valence-corrected chi connectivity index (χ0v) is 13.5. The van der Waals surface area contributed by atoms with E-state index < -0.39 is 36.4 Å². The van der Waals surface area contributed by atoms with Crippen molar-refractivity contribution >= 4 is 17.5 Å². The molecule has 1 aliphatic rings. The summed E-state index contributed by atoms with van der Waals surface area (Å²) in [5.41, 5.74) is -1.20. The molecular weight excluding hydrogens is 341 g/mol. The van der Waals surface area contributed by atoms with E-state index >= 15 is 0 Å². The van der Waals surface area contributed by atoms with Crippen LogP contribution < -0.4 is 0 Å². The Labute approximate surface area is 140 Å². The fourth-order valence-corrected chi connectivity index (χ4v) is 3.05. The molecule has 1 unspecified atom stereocenters. The summed E-state index contributed by atoms with van der Waals surface area (Å²) in [4.78, 5) is 28.9. The normalized spacial score (nSPS) is 21.1. The highest BCUT2D eigenvalue weighted by Crippen LogP contribution is 2.46. The summed E-state index contributed by atoms with van der Waals surface area (Å²) in [7, 11) is 0. The molecule has 1 N–H and O–H groups in total. The predicted octanol–water partition coefficient (Wildman–Crippen LogP) is 1.83. The van der Waals surface area contributed by atoms with Gasteiger partial charge in [0, 0.05) is 25.4 Å². The summed E-state index contributed by atoms with van der Waals surface area (Å²) in [5, 5.41) is 13.3. The van der Waals surface area contributed by atoms with Gasteiger partial charge in [-0.1, -0.05) is 0 Å². The molecule has 10 heteroatoms. The number of aromatic nitrogens is 3. The number of carboxylic acid groups (broad SMARTS) is 1. The van der Waals surface area contributed by atoms with Crippen LogP contribution in [0.1, 0.15) is 28.2 Å². The van der Waals surface area contributed by atoms with Crippen LogP contribution in [0.25, 0.3) is 5.65 Å². The summed E-state index contributed by atoms with van der Waals surface area (Å²) >= 11 is 0. The van der Waals surface area contributed by atoms with Crippen LogP contribution in [0.3, 0.4) is 0 Å². The van der Waals surface area contributed by atoms with Gasteiger partial charge >= 0.3 is 12.1 Å². The summed E-state index contributed by atoms with van der Waals surface area (Å²) in [6.07, 6.45) is -4.33. The zero-order chi connectivity index (χ0) is 18.6. The lowest BCUT2D eigenvalue weighted by Crippen LogP contribution is -2.47. The van der Waals surface area contributed by atoms with Gasteiger partial charge in [-0.25, -0.2) is 9.50 Å². The van der Waals surface area contributed by atoms with E-state index in [0.717, 1.165) is 4.90 Å². The van der Waals surface area contributed by atoms with Crippen molar-refractivity contribution in [3.05, 3.63) is 29.2 Å². The Balaban J connectivity index is 1.95. The van der Waals surface area contributed by atoms with E-state index in [4.69, 9.17) is 5.11 Å². The molecule has 3 rings (SSSR count). The highest BCUT2D eigenvalue weighted by atomic mass is 19.4. The first-order valence-electron chi connectivity index (χ1n) is 7.48. The van der Waals surface area contributed by atoms with Crippen LogP contribution in [0.2, 0.25) is 0 Å². The van der Waals surface area contributed by atoms with Gasteiger partial charge in [0.1, 0.15) is 0 Å². The number of alkyl halides is 3. The summed E-state index contributed by atoms with van der Waals surface area (Å²) in [6.45, 7) is 2.15. The van der Waals surface area contributed by atoms with Crippen molar-refractivity contribution in [1.29, 1.82) is 0 Å². The Morgan fingerprint density at radius 1 is 1.32 bits per heavy atom. The minimum atomic E-state index is -4.94. The minimum Gasteiger partial charge on any atom is -0.481 e. The lowest BCUT2D eigenvalue weighted by atomic mass is 9.86. The molecule has 2 aromatic rings. The Morgan fingerprint density at radius 3 is 2.56 bits per heavy atom.